The molecular weight excluding hydrogens is 154 g/mol. The molecule has 0 bridgehead atoms. The highest BCUT2D eigenvalue weighted by atomic mass is 35.5. The van der Waals surface area contributed by atoms with Gasteiger partial charge in [-0.05, 0) is 11.6 Å². The van der Waals surface area contributed by atoms with Crippen molar-refractivity contribution in [2.75, 3.05) is 0 Å². The van der Waals surface area contributed by atoms with Gasteiger partial charge in [-0.1, -0.05) is 0 Å². The van der Waals surface area contributed by atoms with Crippen LogP contribution in [0.5, 0.6) is 0 Å². The van der Waals surface area contributed by atoms with E-state index in [4.69, 9.17) is 14.7 Å². The van der Waals surface area contributed by atoms with Crippen LogP contribution in [0.25, 0.3) is 0 Å². The predicted octanol–water partition coefficient (Wildman–Crippen LogP) is -0.0381. The van der Waals surface area contributed by atoms with Crippen molar-refractivity contribution in [3.63, 3.8) is 0 Å². The minimum absolute atomic E-state index is 0.361. The molecule has 0 aliphatic heterocycles. The molecule has 0 unspecified atom stereocenters. The van der Waals surface area contributed by atoms with E-state index in [1.165, 1.54) is 6.92 Å². The fourth-order valence-electron chi connectivity index (χ4n) is 0. The highest BCUT2D eigenvalue weighted by molar-refractivity contribution is 7.38. The Kier molecular flexibility index (Phi) is 10.1. The van der Waals surface area contributed by atoms with E-state index in [-0.39, 0.29) is 5.24 Å². The zero-order chi connectivity index (χ0) is 7.15. The van der Waals surface area contributed by atoms with Crippen LogP contribution in [0.2, 0.25) is 0 Å². The first-order chi connectivity index (χ1) is 3.46. The van der Waals surface area contributed by atoms with Gasteiger partial charge in [0.05, 0.1) is 0 Å². The third kappa shape index (κ3) is 2390. The average molecular weight is 160 g/mol. The van der Waals surface area contributed by atoms with Crippen LogP contribution in [0.1, 0.15) is 6.92 Å². The SMILES string of the molecule is CC(=O)Cl.OP(O)O. The maximum atomic E-state index is 9.21. The standard InChI is InChI=1S/C2H3ClO.H3O3P/c1-2(3)4;1-4(2)3/h1H3;1-3H. The van der Waals surface area contributed by atoms with Crippen LogP contribution in [0.3, 0.4) is 0 Å². The molecule has 0 amide bonds. The summed E-state index contributed by atoms with van der Waals surface area (Å²) in [7, 11) is -2.62. The Hall–Kier alpha value is 0.270. The maximum Gasteiger partial charge on any atom is 0.324 e. The van der Waals surface area contributed by atoms with Crippen LogP contribution >= 0.6 is 20.2 Å². The number of carbonyl (C=O) groups excluding carboxylic acids is 1. The monoisotopic (exact) mass is 160 g/mol. The summed E-state index contributed by atoms with van der Waals surface area (Å²) in [5, 5.41) is -0.361. The summed E-state index contributed by atoms with van der Waals surface area (Å²) in [5.74, 6) is 0. The second kappa shape index (κ2) is 7.27. The topological polar surface area (TPSA) is 77.8 Å². The molecule has 0 fully saturated rings. The summed E-state index contributed by atoms with van der Waals surface area (Å²) >= 11 is 4.64. The highest BCUT2D eigenvalue weighted by Gasteiger charge is 1.76. The molecule has 0 aromatic heterocycles. The van der Waals surface area contributed by atoms with Crippen LogP contribution in [-0.2, 0) is 4.79 Å². The molecule has 0 rings (SSSR count). The molecule has 4 nitrogen and oxygen atoms in total. The molecule has 6 heteroatoms. The molecular formula is C2H6ClO4P. The van der Waals surface area contributed by atoms with Gasteiger partial charge in [-0.15, -0.1) is 0 Å². The number of carbonyl (C=O) groups is 1. The first-order valence-electron chi connectivity index (χ1n) is 1.49. The molecule has 8 heavy (non-hydrogen) atoms. The molecule has 0 saturated carbocycles. The lowest BCUT2D eigenvalue weighted by Crippen LogP contribution is -1.62. The fourth-order valence-corrected chi connectivity index (χ4v) is 0. The molecule has 0 aromatic rings. The van der Waals surface area contributed by atoms with Crippen molar-refractivity contribution in [2.45, 2.75) is 6.92 Å². The number of hydrogen-bond donors (Lipinski definition) is 3. The van der Waals surface area contributed by atoms with Crippen LogP contribution in [0.4, 0.5) is 0 Å². The normalized spacial score (nSPS) is 7.75. The molecule has 0 atom stereocenters. The van der Waals surface area contributed by atoms with Gasteiger partial charge >= 0.3 is 8.60 Å². The second-order valence-corrected chi connectivity index (χ2v) is 1.81. The van der Waals surface area contributed by atoms with Gasteiger partial charge in [0.25, 0.3) is 0 Å². The van der Waals surface area contributed by atoms with Gasteiger partial charge in [0.1, 0.15) is 0 Å². The summed E-state index contributed by atoms with van der Waals surface area (Å²) in [5.41, 5.74) is 0. The van der Waals surface area contributed by atoms with E-state index in [0.29, 0.717) is 0 Å². The summed E-state index contributed by atoms with van der Waals surface area (Å²) in [6.45, 7) is 1.29. The lowest BCUT2D eigenvalue weighted by atomic mass is 10.9. The Bertz CT molecular complexity index is 58.3. The maximum absolute atomic E-state index is 9.21. The van der Waals surface area contributed by atoms with E-state index >= 15 is 0 Å². The molecule has 0 aromatic carbocycles. The van der Waals surface area contributed by atoms with Gasteiger partial charge in [0.2, 0.25) is 5.24 Å². The number of rotatable bonds is 0. The van der Waals surface area contributed by atoms with Crippen molar-refractivity contribution < 1.29 is 19.5 Å². The van der Waals surface area contributed by atoms with Gasteiger partial charge in [0.15, 0.2) is 0 Å². The molecule has 0 spiro atoms. The summed E-state index contributed by atoms with van der Waals surface area (Å²) in [6.07, 6.45) is 0. The lowest BCUT2D eigenvalue weighted by molar-refractivity contribution is -0.109. The Morgan fingerprint density at radius 1 is 1.50 bits per heavy atom. The minimum atomic E-state index is -2.62. The molecule has 0 aliphatic carbocycles. The van der Waals surface area contributed by atoms with E-state index < -0.39 is 8.60 Å². The van der Waals surface area contributed by atoms with E-state index in [1.54, 1.807) is 0 Å². The van der Waals surface area contributed by atoms with Crippen molar-refractivity contribution >= 4 is 25.4 Å². The lowest BCUT2D eigenvalue weighted by Gasteiger charge is -1.76. The Labute approximate surface area is 52.7 Å². The van der Waals surface area contributed by atoms with Crippen molar-refractivity contribution in [1.29, 1.82) is 0 Å². The van der Waals surface area contributed by atoms with Crippen molar-refractivity contribution in [2.24, 2.45) is 0 Å². The minimum Gasteiger partial charge on any atom is -0.328 e. The molecule has 50 valence electrons. The van der Waals surface area contributed by atoms with Gasteiger partial charge < -0.3 is 14.7 Å². The summed E-state index contributed by atoms with van der Waals surface area (Å²) in [6, 6.07) is 0. The second-order valence-electron chi connectivity index (χ2n) is 0.739. The zero-order valence-corrected chi connectivity index (χ0v) is 5.73. The summed E-state index contributed by atoms with van der Waals surface area (Å²) in [4.78, 5) is 30.9. The smallest absolute Gasteiger partial charge is 0.324 e. The fraction of sp³-hybridized carbons (Fsp3) is 0.500. The Balaban J connectivity index is 0. The first kappa shape index (κ1) is 11.1. The Morgan fingerprint density at radius 2 is 1.50 bits per heavy atom. The largest absolute Gasteiger partial charge is 0.328 e. The quantitative estimate of drug-likeness (QED) is 0.343. The number of halogens is 1. The van der Waals surface area contributed by atoms with Gasteiger partial charge in [0, 0.05) is 6.92 Å². The van der Waals surface area contributed by atoms with Crippen LogP contribution < -0.4 is 0 Å². The molecule has 0 heterocycles. The average Bonchev–Trinajstić information content (AvgIpc) is 1.25. The third-order valence-corrected chi connectivity index (χ3v) is 0. The van der Waals surface area contributed by atoms with Crippen LogP contribution in [-0.4, -0.2) is 19.9 Å². The van der Waals surface area contributed by atoms with E-state index in [1.807, 2.05) is 0 Å². The van der Waals surface area contributed by atoms with Crippen LogP contribution in [0, 0.1) is 0 Å². The van der Waals surface area contributed by atoms with Gasteiger partial charge in [-0.3, -0.25) is 4.79 Å². The molecule has 0 radical (unpaired) electrons. The highest BCUT2D eigenvalue weighted by Crippen LogP contribution is 2.11. The Morgan fingerprint density at radius 3 is 1.50 bits per heavy atom. The molecule has 0 aliphatic rings. The summed E-state index contributed by atoms with van der Waals surface area (Å²) < 4.78 is 0. The first-order valence-corrected chi connectivity index (χ1v) is 3.07. The van der Waals surface area contributed by atoms with Gasteiger partial charge in [-0.25, -0.2) is 0 Å². The zero-order valence-electron chi connectivity index (χ0n) is 4.08. The predicted molar refractivity (Wildman–Crippen MR) is 30.1 cm³/mol. The van der Waals surface area contributed by atoms with E-state index in [9.17, 15) is 4.79 Å². The van der Waals surface area contributed by atoms with Gasteiger partial charge in [-0.2, -0.15) is 0 Å². The van der Waals surface area contributed by atoms with E-state index in [0.717, 1.165) is 0 Å². The molecule has 3 N–H and O–H groups in total. The van der Waals surface area contributed by atoms with Crippen LogP contribution in [0.15, 0.2) is 0 Å². The van der Waals surface area contributed by atoms with Crippen molar-refractivity contribution in [1.82, 2.24) is 0 Å². The third-order valence-electron chi connectivity index (χ3n) is 0. The number of hydrogen-bond acceptors (Lipinski definition) is 4. The van der Waals surface area contributed by atoms with Crippen molar-refractivity contribution in [3.05, 3.63) is 0 Å². The molecule has 0 saturated heterocycles. The van der Waals surface area contributed by atoms with Crippen molar-refractivity contribution in [3.8, 4) is 0 Å². The van der Waals surface area contributed by atoms with E-state index in [2.05, 4.69) is 11.6 Å².